The number of nitrogens with zero attached hydrogens (tertiary/aromatic N) is 2. The molecule has 1 fully saturated rings. The smallest absolute Gasteiger partial charge is 0.271 e. The van der Waals surface area contributed by atoms with Gasteiger partial charge in [-0.3, -0.25) is 4.79 Å². The van der Waals surface area contributed by atoms with Gasteiger partial charge in [-0.05, 0) is 12.8 Å². The third kappa shape index (κ3) is 2.48. The number of aliphatic hydroxyl groups is 1. The van der Waals surface area contributed by atoms with Crippen LogP contribution in [0.3, 0.4) is 0 Å². The molecule has 1 saturated carbocycles. The second-order valence-corrected chi connectivity index (χ2v) is 4.45. The zero-order valence-corrected chi connectivity index (χ0v) is 9.37. The summed E-state index contributed by atoms with van der Waals surface area (Å²) < 4.78 is 0. The Hall–Kier alpha value is -1.20. The van der Waals surface area contributed by atoms with Crippen LogP contribution in [0.25, 0.3) is 0 Å². The van der Waals surface area contributed by atoms with Gasteiger partial charge in [-0.2, -0.15) is 0 Å². The van der Waals surface area contributed by atoms with Crippen molar-refractivity contribution in [2.45, 2.75) is 12.8 Å². The fourth-order valence-corrected chi connectivity index (χ4v) is 1.45. The van der Waals surface area contributed by atoms with Crippen molar-refractivity contribution in [1.82, 2.24) is 15.3 Å². The number of rotatable bonds is 4. The molecular weight excluding hydrogens is 230 g/mol. The average Bonchev–Trinajstić information content (AvgIpc) is 3.08. The summed E-state index contributed by atoms with van der Waals surface area (Å²) >= 11 is 5.56. The molecule has 0 radical (unpaired) electrons. The van der Waals surface area contributed by atoms with Crippen molar-refractivity contribution in [3.63, 3.8) is 0 Å². The van der Waals surface area contributed by atoms with Gasteiger partial charge in [-0.1, -0.05) is 11.6 Å². The van der Waals surface area contributed by atoms with Gasteiger partial charge in [0.2, 0.25) is 0 Å². The van der Waals surface area contributed by atoms with Crippen molar-refractivity contribution >= 4 is 17.5 Å². The van der Waals surface area contributed by atoms with Crippen LogP contribution in [0.4, 0.5) is 0 Å². The van der Waals surface area contributed by atoms with E-state index in [4.69, 9.17) is 16.7 Å². The van der Waals surface area contributed by atoms with Crippen molar-refractivity contribution in [2.75, 3.05) is 13.2 Å². The number of aliphatic hydroxyl groups excluding tert-OH is 1. The molecule has 0 spiro atoms. The standard InChI is InChI=1S/C10H12ClN3O2/c11-8-4-12-7(3-13-8)9(16)14-5-10(6-15)1-2-10/h3-4,15H,1-2,5-6H2,(H,14,16). The summed E-state index contributed by atoms with van der Waals surface area (Å²) in [5, 5.41) is 12.1. The van der Waals surface area contributed by atoms with Crippen molar-refractivity contribution < 1.29 is 9.90 Å². The molecule has 0 aromatic carbocycles. The molecule has 5 nitrogen and oxygen atoms in total. The van der Waals surface area contributed by atoms with E-state index in [-0.39, 0.29) is 28.8 Å². The van der Waals surface area contributed by atoms with Crippen molar-refractivity contribution in [2.24, 2.45) is 5.41 Å². The maximum atomic E-state index is 11.6. The predicted octanol–water partition coefficient (Wildman–Crippen LogP) is 0.632. The number of hydrogen-bond donors (Lipinski definition) is 2. The van der Waals surface area contributed by atoms with E-state index in [1.807, 2.05) is 0 Å². The molecule has 0 atom stereocenters. The minimum atomic E-state index is -0.288. The summed E-state index contributed by atoms with van der Waals surface area (Å²) in [6, 6.07) is 0. The molecule has 2 rings (SSSR count). The normalized spacial score (nSPS) is 16.9. The van der Waals surface area contributed by atoms with Crippen LogP contribution >= 0.6 is 11.6 Å². The first kappa shape index (κ1) is 11.3. The lowest BCUT2D eigenvalue weighted by Crippen LogP contribution is -2.32. The fourth-order valence-electron chi connectivity index (χ4n) is 1.36. The van der Waals surface area contributed by atoms with Crippen LogP contribution in [0, 0.1) is 5.41 Å². The SMILES string of the molecule is O=C(NCC1(CO)CC1)c1cnc(Cl)cn1. The summed E-state index contributed by atoms with van der Waals surface area (Å²) in [6.45, 7) is 0.590. The highest BCUT2D eigenvalue weighted by Crippen LogP contribution is 2.44. The van der Waals surface area contributed by atoms with Gasteiger partial charge in [0.25, 0.3) is 5.91 Å². The molecule has 0 unspecified atom stereocenters. The number of carbonyl (C=O) groups is 1. The number of aromatic nitrogens is 2. The molecule has 2 N–H and O–H groups in total. The molecule has 16 heavy (non-hydrogen) atoms. The minimum Gasteiger partial charge on any atom is -0.396 e. The van der Waals surface area contributed by atoms with Crippen molar-refractivity contribution in [3.8, 4) is 0 Å². The van der Waals surface area contributed by atoms with Gasteiger partial charge in [0, 0.05) is 12.0 Å². The Morgan fingerprint density at radius 1 is 1.50 bits per heavy atom. The second-order valence-electron chi connectivity index (χ2n) is 4.07. The number of nitrogens with one attached hydrogen (secondary N) is 1. The first-order chi connectivity index (χ1) is 7.65. The summed E-state index contributed by atoms with van der Waals surface area (Å²) in [5.41, 5.74) is 0.133. The van der Waals surface area contributed by atoms with Crippen LogP contribution in [0.2, 0.25) is 5.15 Å². The first-order valence-corrected chi connectivity index (χ1v) is 5.40. The third-order valence-corrected chi connectivity index (χ3v) is 2.96. The molecule has 1 aromatic rings. The Bertz CT molecular complexity index is 390. The summed E-state index contributed by atoms with van der Waals surface area (Å²) in [6.07, 6.45) is 4.57. The van der Waals surface area contributed by atoms with Gasteiger partial charge >= 0.3 is 0 Å². The Balaban J connectivity index is 1.91. The Kier molecular flexibility index (Phi) is 3.07. The Morgan fingerprint density at radius 3 is 2.75 bits per heavy atom. The Labute approximate surface area is 97.9 Å². The summed E-state index contributed by atoms with van der Waals surface area (Å²) in [5.74, 6) is -0.288. The van der Waals surface area contributed by atoms with Crippen LogP contribution in [0.1, 0.15) is 23.3 Å². The van der Waals surface area contributed by atoms with E-state index < -0.39 is 0 Å². The minimum absolute atomic E-state index is 0.102. The molecule has 1 aromatic heterocycles. The number of amides is 1. The molecule has 0 saturated heterocycles. The summed E-state index contributed by atoms with van der Waals surface area (Å²) in [7, 11) is 0. The van der Waals surface area contributed by atoms with Crippen LogP contribution < -0.4 is 5.32 Å². The highest BCUT2D eigenvalue weighted by Gasteiger charge is 2.42. The molecule has 0 aliphatic heterocycles. The second kappa shape index (κ2) is 4.35. The average molecular weight is 242 g/mol. The fraction of sp³-hybridized carbons (Fsp3) is 0.500. The van der Waals surface area contributed by atoms with Crippen molar-refractivity contribution in [1.29, 1.82) is 0 Å². The maximum absolute atomic E-state index is 11.6. The molecule has 1 aliphatic rings. The quantitative estimate of drug-likeness (QED) is 0.811. The number of carbonyl (C=O) groups excluding carboxylic acids is 1. The van der Waals surface area contributed by atoms with Gasteiger partial charge in [0.05, 0.1) is 19.0 Å². The Morgan fingerprint density at radius 2 is 2.25 bits per heavy atom. The molecule has 0 bridgehead atoms. The van der Waals surface area contributed by atoms with Gasteiger partial charge in [-0.25, -0.2) is 9.97 Å². The van der Waals surface area contributed by atoms with E-state index in [1.54, 1.807) is 0 Å². The molecule has 1 aliphatic carbocycles. The lowest BCUT2D eigenvalue weighted by Gasteiger charge is -2.11. The highest BCUT2D eigenvalue weighted by molar-refractivity contribution is 6.29. The molecule has 6 heteroatoms. The van der Waals surface area contributed by atoms with E-state index in [9.17, 15) is 4.79 Å². The first-order valence-electron chi connectivity index (χ1n) is 5.02. The van der Waals surface area contributed by atoms with E-state index in [1.165, 1.54) is 12.4 Å². The zero-order chi connectivity index (χ0) is 11.6. The van der Waals surface area contributed by atoms with Crippen LogP contribution in [0.5, 0.6) is 0 Å². The zero-order valence-electron chi connectivity index (χ0n) is 8.61. The molecular formula is C10H12ClN3O2. The lowest BCUT2D eigenvalue weighted by atomic mass is 10.1. The van der Waals surface area contributed by atoms with Gasteiger partial charge in [0.1, 0.15) is 10.8 Å². The lowest BCUT2D eigenvalue weighted by molar-refractivity contribution is 0.0930. The summed E-state index contributed by atoms with van der Waals surface area (Å²) in [4.78, 5) is 19.2. The maximum Gasteiger partial charge on any atom is 0.271 e. The monoisotopic (exact) mass is 241 g/mol. The third-order valence-electron chi connectivity index (χ3n) is 2.77. The van der Waals surface area contributed by atoms with Gasteiger partial charge < -0.3 is 10.4 Å². The van der Waals surface area contributed by atoms with Crippen molar-refractivity contribution in [3.05, 3.63) is 23.2 Å². The molecule has 1 amide bonds. The van der Waals surface area contributed by atoms with E-state index in [2.05, 4.69) is 15.3 Å². The number of halogens is 1. The highest BCUT2D eigenvalue weighted by atomic mass is 35.5. The van der Waals surface area contributed by atoms with E-state index in [0.717, 1.165) is 12.8 Å². The van der Waals surface area contributed by atoms with Crippen LogP contribution in [-0.2, 0) is 0 Å². The van der Waals surface area contributed by atoms with Gasteiger partial charge in [0.15, 0.2) is 0 Å². The largest absolute Gasteiger partial charge is 0.396 e. The number of hydrogen-bond acceptors (Lipinski definition) is 4. The van der Waals surface area contributed by atoms with Gasteiger partial charge in [-0.15, -0.1) is 0 Å². The van der Waals surface area contributed by atoms with E-state index in [0.29, 0.717) is 6.54 Å². The van der Waals surface area contributed by atoms with Crippen LogP contribution in [-0.4, -0.2) is 34.1 Å². The van der Waals surface area contributed by atoms with E-state index >= 15 is 0 Å². The van der Waals surface area contributed by atoms with Crippen LogP contribution in [0.15, 0.2) is 12.4 Å². The molecule has 86 valence electrons. The predicted molar refractivity (Wildman–Crippen MR) is 58.1 cm³/mol. The molecule has 1 heterocycles. The topological polar surface area (TPSA) is 75.1 Å².